The third-order valence-electron chi connectivity index (χ3n) is 3.01. The molecule has 1 aromatic heterocycles. The fourth-order valence-electron chi connectivity index (χ4n) is 1.93. The Kier molecular flexibility index (Phi) is 7.31. The van der Waals surface area contributed by atoms with Crippen molar-refractivity contribution in [3.8, 4) is 11.8 Å². The minimum atomic E-state index is 0.170. The van der Waals surface area contributed by atoms with Crippen molar-refractivity contribution in [3.05, 3.63) is 21.9 Å². The maximum Gasteiger partial charge on any atom is 0.236 e. The third-order valence-corrected chi connectivity index (χ3v) is 3.91. The molecular formula is C15H23N3OS. The lowest BCUT2D eigenvalue weighted by Crippen LogP contribution is -2.38. The first-order chi connectivity index (χ1) is 9.62. The van der Waals surface area contributed by atoms with Crippen LogP contribution in [0, 0.1) is 11.8 Å². The van der Waals surface area contributed by atoms with Gasteiger partial charge in [0.15, 0.2) is 0 Å². The molecule has 0 atom stereocenters. The van der Waals surface area contributed by atoms with Gasteiger partial charge in [-0.15, -0.1) is 11.3 Å². The number of hydrogen-bond acceptors (Lipinski definition) is 4. The van der Waals surface area contributed by atoms with E-state index in [2.05, 4.69) is 11.8 Å². The molecule has 2 N–H and O–H groups in total. The number of rotatable bonds is 6. The first-order valence-corrected chi connectivity index (χ1v) is 7.71. The van der Waals surface area contributed by atoms with Crippen molar-refractivity contribution in [2.75, 3.05) is 33.2 Å². The number of carbonyl (C=O) groups excluding carboxylic acids is 1. The maximum absolute atomic E-state index is 12.0. The minimum Gasteiger partial charge on any atom is -0.342 e. The van der Waals surface area contributed by atoms with Gasteiger partial charge in [0, 0.05) is 30.1 Å². The summed E-state index contributed by atoms with van der Waals surface area (Å²) in [6.07, 6.45) is 0. The summed E-state index contributed by atoms with van der Waals surface area (Å²) in [4.78, 5) is 17.1. The fourth-order valence-corrected chi connectivity index (χ4v) is 2.84. The van der Waals surface area contributed by atoms with Crippen molar-refractivity contribution in [2.24, 2.45) is 5.73 Å². The third kappa shape index (κ3) is 4.97. The lowest BCUT2D eigenvalue weighted by atomic mass is 10.2. The molecule has 0 aliphatic heterocycles. The topological polar surface area (TPSA) is 49.6 Å². The van der Waals surface area contributed by atoms with E-state index in [0.29, 0.717) is 13.1 Å². The zero-order chi connectivity index (χ0) is 15.0. The molecule has 0 saturated carbocycles. The van der Waals surface area contributed by atoms with Crippen molar-refractivity contribution < 1.29 is 4.79 Å². The van der Waals surface area contributed by atoms with E-state index >= 15 is 0 Å². The molecule has 0 aromatic carbocycles. The van der Waals surface area contributed by atoms with Gasteiger partial charge >= 0.3 is 0 Å². The molecule has 0 spiro atoms. The summed E-state index contributed by atoms with van der Waals surface area (Å²) in [6, 6.07) is 2.00. The van der Waals surface area contributed by atoms with Gasteiger partial charge in [-0.25, -0.2) is 0 Å². The SMILES string of the molecule is CCN(CC)C(=O)CN(C)Cc1sccc1C#CCN. The first kappa shape index (κ1) is 16.7. The Labute approximate surface area is 125 Å². The molecular weight excluding hydrogens is 270 g/mol. The molecule has 0 fully saturated rings. The zero-order valence-corrected chi connectivity index (χ0v) is 13.3. The van der Waals surface area contributed by atoms with E-state index in [1.54, 1.807) is 11.3 Å². The molecule has 20 heavy (non-hydrogen) atoms. The summed E-state index contributed by atoms with van der Waals surface area (Å²) in [5, 5.41) is 2.02. The molecule has 1 amide bonds. The molecule has 1 aromatic rings. The zero-order valence-electron chi connectivity index (χ0n) is 12.5. The quantitative estimate of drug-likeness (QED) is 0.806. The summed E-state index contributed by atoms with van der Waals surface area (Å²) in [7, 11) is 1.96. The second-order valence-corrected chi connectivity index (χ2v) is 5.50. The van der Waals surface area contributed by atoms with E-state index in [9.17, 15) is 4.79 Å². The van der Waals surface area contributed by atoms with Crippen LogP contribution in [-0.4, -0.2) is 48.9 Å². The molecule has 0 aliphatic rings. The highest BCUT2D eigenvalue weighted by atomic mass is 32.1. The van der Waals surface area contributed by atoms with E-state index in [-0.39, 0.29) is 5.91 Å². The van der Waals surface area contributed by atoms with E-state index in [0.717, 1.165) is 25.2 Å². The van der Waals surface area contributed by atoms with Gasteiger partial charge in [0.2, 0.25) is 5.91 Å². The smallest absolute Gasteiger partial charge is 0.236 e. The fraction of sp³-hybridized carbons (Fsp3) is 0.533. The maximum atomic E-state index is 12.0. The Morgan fingerprint density at radius 1 is 1.40 bits per heavy atom. The van der Waals surface area contributed by atoms with E-state index in [4.69, 9.17) is 5.73 Å². The van der Waals surface area contributed by atoms with Crippen LogP contribution in [0.25, 0.3) is 0 Å². The van der Waals surface area contributed by atoms with E-state index in [1.807, 2.05) is 42.1 Å². The van der Waals surface area contributed by atoms with Crippen LogP contribution in [0.1, 0.15) is 24.3 Å². The van der Waals surface area contributed by atoms with Gasteiger partial charge < -0.3 is 10.6 Å². The molecule has 4 nitrogen and oxygen atoms in total. The van der Waals surface area contributed by atoms with Crippen molar-refractivity contribution in [1.82, 2.24) is 9.80 Å². The van der Waals surface area contributed by atoms with Gasteiger partial charge in [0.1, 0.15) is 0 Å². The number of nitrogens with zero attached hydrogens (tertiary/aromatic N) is 2. The number of carbonyl (C=O) groups is 1. The van der Waals surface area contributed by atoms with Gasteiger partial charge in [0.05, 0.1) is 13.1 Å². The summed E-state index contributed by atoms with van der Waals surface area (Å²) in [6.45, 7) is 7.06. The summed E-state index contributed by atoms with van der Waals surface area (Å²) < 4.78 is 0. The van der Waals surface area contributed by atoms with Crippen LogP contribution in [-0.2, 0) is 11.3 Å². The molecule has 1 heterocycles. The number of amides is 1. The van der Waals surface area contributed by atoms with Crippen molar-refractivity contribution in [2.45, 2.75) is 20.4 Å². The Balaban J connectivity index is 2.60. The normalized spacial score (nSPS) is 10.2. The lowest BCUT2D eigenvalue weighted by molar-refractivity contribution is -0.131. The molecule has 0 saturated heterocycles. The second-order valence-electron chi connectivity index (χ2n) is 4.50. The molecule has 0 unspecified atom stereocenters. The largest absolute Gasteiger partial charge is 0.342 e. The van der Waals surface area contributed by atoms with E-state index in [1.165, 1.54) is 4.88 Å². The highest BCUT2D eigenvalue weighted by Gasteiger charge is 2.13. The highest BCUT2D eigenvalue weighted by Crippen LogP contribution is 2.17. The minimum absolute atomic E-state index is 0.170. The molecule has 0 radical (unpaired) electrons. The monoisotopic (exact) mass is 293 g/mol. The average Bonchev–Trinajstić information content (AvgIpc) is 2.84. The average molecular weight is 293 g/mol. The van der Waals surface area contributed by atoms with E-state index < -0.39 is 0 Å². The predicted molar refractivity (Wildman–Crippen MR) is 84.5 cm³/mol. The number of thiophene rings is 1. The Hall–Kier alpha value is -1.35. The van der Waals surface area contributed by atoms with Crippen LogP contribution >= 0.6 is 11.3 Å². The first-order valence-electron chi connectivity index (χ1n) is 6.83. The Morgan fingerprint density at radius 2 is 2.10 bits per heavy atom. The molecule has 0 bridgehead atoms. The molecule has 0 aliphatic carbocycles. The van der Waals surface area contributed by atoms with Crippen LogP contribution in [0.15, 0.2) is 11.4 Å². The predicted octanol–water partition coefficient (Wildman–Crippen LogP) is 1.36. The molecule has 5 heteroatoms. The van der Waals surface area contributed by atoms with Gasteiger partial charge in [-0.3, -0.25) is 9.69 Å². The van der Waals surface area contributed by atoms with Crippen LogP contribution < -0.4 is 5.73 Å². The lowest BCUT2D eigenvalue weighted by Gasteiger charge is -2.22. The Bertz CT molecular complexity index is 483. The molecule has 1 rings (SSSR count). The van der Waals surface area contributed by atoms with Gasteiger partial charge in [-0.2, -0.15) is 0 Å². The van der Waals surface area contributed by atoms with Crippen molar-refractivity contribution >= 4 is 17.2 Å². The number of hydrogen-bond donors (Lipinski definition) is 1. The summed E-state index contributed by atoms with van der Waals surface area (Å²) in [5.74, 6) is 6.11. The van der Waals surface area contributed by atoms with Gasteiger partial charge in [-0.1, -0.05) is 11.8 Å². The standard InChI is InChI=1S/C15H23N3OS/c1-4-18(5-2)15(19)12-17(3)11-14-13(7-6-9-16)8-10-20-14/h8,10H,4-5,9,11-12,16H2,1-3H3. The summed E-state index contributed by atoms with van der Waals surface area (Å²) in [5.41, 5.74) is 6.41. The molecule has 110 valence electrons. The highest BCUT2D eigenvalue weighted by molar-refractivity contribution is 7.10. The van der Waals surface area contributed by atoms with Crippen molar-refractivity contribution in [3.63, 3.8) is 0 Å². The van der Waals surface area contributed by atoms with Crippen LogP contribution in [0.3, 0.4) is 0 Å². The van der Waals surface area contributed by atoms with Crippen LogP contribution in [0.2, 0.25) is 0 Å². The number of likely N-dealkylation sites (N-methyl/N-ethyl adjacent to an activating group) is 2. The van der Waals surface area contributed by atoms with Crippen molar-refractivity contribution in [1.29, 1.82) is 0 Å². The van der Waals surface area contributed by atoms with Gasteiger partial charge in [-0.05, 0) is 32.3 Å². The van der Waals surface area contributed by atoms with Crippen LogP contribution in [0.5, 0.6) is 0 Å². The Morgan fingerprint density at radius 3 is 2.70 bits per heavy atom. The summed E-state index contributed by atoms with van der Waals surface area (Å²) >= 11 is 1.67. The van der Waals surface area contributed by atoms with Crippen LogP contribution in [0.4, 0.5) is 0 Å². The second kappa shape index (κ2) is 8.75. The number of nitrogens with two attached hydrogens (primary N) is 1. The van der Waals surface area contributed by atoms with Gasteiger partial charge in [0.25, 0.3) is 0 Å².